The molecule has 0 unspecified atom stereocenters. The number of imide groups is 1. The normalized spacial score (nSPS) is 22.4. The minimum atomic E-state index is -1.03. The Morgan fingerprint density at radius 1 is 0.925 bits per heavy atom. The molecule has 11 heteroatoms. The van der Waals surface area contributed by atoms with Gasteiger partial charge in [0.2, 0.25) is 17.7 Å². The van der Waals surface area contributed by atoms with Crippen LogP contribution in [0.4, 0.5) is 22.7 Å². The minimum Gasteiger partial charge on any atom is -0.497 e. The number of hydrogen-bond acceptors (Lipinski definition) is 8. The van der Waals surface area contributed by atoms with E-state index in [0.29, 0.717) is 17.2 Å². The highest BCUT2D eigenvalue weighted by atomic mass is 16.6. The van der Waals surface area contributed by atoms with Gasteiger partial charge in [0.05, 0.1) is 42.7 Å². The van der Waals surface area contributed by atoms with Crippen LogP contribution in [0.15, 0.2) is 72.8 Å². The summed E-state index contributed by atoms with van der Waals surface area (Å²) in [5.41, 5.74) is 2.05. The van der Waals surface area contributed by atoms with Crippen molar-refractivity contribution in [3.8, 4) is 11.5 Å². The zero-order valence-electron chi connectivity index (χ0n) is 21.5. The Hall–Kier alpha value is -5.19. The fourth-order valence-corrected chi connectivity index (χ4v) is 5.91. The molecule has 3 amide bonds. The van der Waals surface area contributed by atoms with E-state index in [1.165, 1.54) is 38.5 Å². The molecule has 1 N–H and O–H groups in total. The molecular formula is C29H24N4O7. The molecule has 3 aliphatic heterocycles. The third-order valence-electron chi connectivity index (χ3n) is 7.66. The van der Waals surface area contributed by atoms with Crippen molar-refractivity contribution in [2.75, 3.05) is 29.3 Å². The molecule has 0 bridgehead atoms. The lowest BCUT2D eigenvalue weighted by molar-refractivity contribution is -0.384. The van der Waals surface area contributed by atoms with E-state index < -0.39 is 46.6 Å². The zero-order chi connectivity index (χ0) is 28.1. The van der Waals surface area contributed by atoms with Crippen molar-refractivity contribution in [2.24, 2.45) is 11.8 Å². The van der Waals surface area contributed by atoms with Gasteiger partial charge >= 0.3 is 0 Å². The number of carbonyl (C=O) groups excluding carboxylic acids is 3. The second-order valence-electron chi connectivity index (χ2n) is 9.66. The van der Waals surface area contributed by atoms with Crippen molar-refractivity contribution in [1.29, 1.82) is 0 Å². The van der Waals surface area contributed by atoms with E-state index in [9.17, 15) is 24.5 Å². The van der Waals surface area contributed by atoms with E-state index in [-0.39, 0.29) is 11.4 Å². The van der Waals surface area contributed by atoms with E-state index in [0.717, 1.165) is 16.2 Å². The highest BCUT2D eigenvalue weighted by Gasteiger charge is 2.64. The lowest BCUT2D eigenvalue weighted by Gasteiger charge is -2.36. The molecule has 3 aromatic rings. The Labute approximate surface area is 228 Å². The molecule has 4 atom stereocenters. The number of hydrogen-bond donors (Lipinski definition) is 1. The first-order valence-corrected chi connectivity index (χ1v) is 12.5. The SMILES string of the molecule is COc1ccc(OC)c(N2C(=O)[C@@H]3[C@H](C2=O)[C@H](C(=O)Nc2ccc([N+](=O)[O-])cc2)N2c4ccccc4C=C[C@H]32)c1. The highest BCUT2D eigenvalue weighted by molar-refractivity contribution is 6.25. The lowest BCUT2D eigenvalue weighted by Crippen LogP contribution is -2.50. The molecule has 0 aliphatic carbocycles. The van der Waals surface area contributed by atoms with Crippen molar-refractivity contribution in [3.05, 3.63) is 88.5 Å². The van der Waals surface area contributed by atoms with Crippen LogP contribution in [-0.2, 0) is 14.4 Å². The van der Waals surface area contributed by atoms with Gasteiger partial charge in [-0.15, -0.1) is 0 Å². The van der Waals surface area contributed by atoms with Gasteiger partial charge in [-0.1, -0.05) is 30.4 Å². The minimum absolute atomic E-state index is 0.117. The second-order valence-corrected chi connectivity index (χ2v) is 9.66. The van der Waals surface area contributed by atoms with Gasteiger partial charge in [-0.3, -0.25) is 24.5 Å². The van der Waals surface area contributed by atoms with Crippen LogP contribution < -0.4 is 24.6 Å². The van der Waals surface area contributed by atoms with Crippen molar-refractivity contribution in [2.45, 2.75) is 12.1 Å². The first-order valence-electron chi connectivity index (χ1n) is 12.5. The van der Waals surface area contributed by atoms with E-state index in [2.05, 4.69) is 5.32 Å². The van der Waals surface area contributed by atoms with E-state index >= 15 is 0 Å². The number of benzene rings is 3. The molecule has 3 heterocycles. The van der Waals surface area contributed by atoms with Gasteiger partial charge in [0.1, 0.15) is 17.5 Å². The largest absolute Gasteiger partial charge is 0.497 e. The molecular weight excluding hydrogens is 516 g/mol. The summed E-state index contributed by atoms with van der Waals surface area (Å²) >= 11 is 0. The van der Waals surface area contributed by atoms with Crippen LogP contribution >= 0.6 is 0 Å². The van der Waals surface area contributed by atoms with E-state index in [1.54, 1.807) is 18.2 Å². The van der Waals surface area contributed by atoms with Crippen LogP contribution in [0.1, 0.15) is 5.56 Å². The molecule has 0 radical (unpaired) electrons. The summed E-state index contributed by atoms with van der Waals surface area (Å²) in [6.45, 7) is 0. The number of nitrogens with zero attached hydrogens (tertiary/aromatic N) is 3. The summed E-state index contributed by atoms with van der Waals surface area (Å²) in [7, 11) is 2.93. The molecule has 3 aromatic carbocycles. The van der Waals surface area contributed by atoms with Crippen LogP contribution in [0.5, 0.6) is 11.5 Å². The predicted octanol–water partition coefficient (Wildman–Crippen LogP) is 3.64. The summed E-state index contributed by atoms with van der Waals surface area (Å²) in [5.74, 6) is -2.54. The second kappa shape index (κ2) is 9.53. The third-order valence-corrected chi connectivity index (χ3v) is 7.66. The number of nitrogens with one attached hydrogen (secondary N) is 1. The molecule has 11 nitrogen and oxygen atoms in total. The Morgan fingerprint density at radius 3 is 2.35 bits per heavy atom. The smallest absolute Gasteiger partial charge is 0.269 e. The van der Waals surface area contributed by atoms with Gasteiger partial charge in [-0.2, -0.15) is 0 Å². The average Bonchev–Trinajstić information content (AvgIpc) is 3.45. The summed E-state index contributed by atoms with van der Waals surface area (Å²) in [6, 6.07) is 16.2. The zero-order valence-corrected chi connectivity index (χ0v) is 21.5. The number of methoxy groups -OCH3 is 2. The van der Waals surface area contributed by atoms with Gasteiger partial charge in [0.25, 0.3) is 5.69 Å². The fourth-order valence-electron chi connectivity index (χ4n) is 5.91. The maximum atomic E-state index is 14.1. The number of non-ortho nitro benzene ring substituents is 1. The van der Waals surface area contributed by atoms with Crippen molar-refractivity contribution < 1.29 is 28.8 Å². The number of rotatable bonds is 6. The van der Waals surface area contributed by atoms with Crippen molar-refractivity contribution in [3.63, 3.8) is 0 Å². The Morgan fingerprint density at radius 2 is 1.65 bits per heavy atom. The number of nitro groups is 1. The van der Waals surface area contributed by atoms with Gasteiger partial charge in [-0.25, -0.2) is 4.90 Å². The Kier molecular flexibility index (Phi) is 5.98. The average molecular weight is 541 g/mol. The van der Waals surface area contributed by atoms with Gasteiger partial charge in [0, 0.05) is 29.6 Å². The number of carbonyl (C=O) groups is 3. The maximum Gasteiger partial charge on any atom is 0.269 e. The number of nitro benzene ring substituents is 1. The molecule has 40 heavy (non-hydrogen) atoms. The number of anilines is 3. The number of para-hydroxylation sites is 1. The molecule has 2 fully saturated rings. The monoisotopic (exact) mass is 540 g/mol. The molecule has 6 rings (SSSR count). The highest BCUT2D eigenvalue weighted by Crippen LogP contribution is 2.50. The van der Waals surface area contributed by atoms with E-state index in [4.69, 9.17) is 9.47 Å². The number of fused-ring (bicyclic) bond motifs is 5. The summed E-state index contributed by atoms with van der Waals surface area (Å²) in [5, 5.41) is 13.9. The standard InChI is InChI=1S/C29H24N4O7/c1-39-19-12-14-23(40-2)22(15-19)32-28(35)24-21-13-7-16-5-3-4-6-20(16)31(21)26(25(24)29(32)36)27(34)30-17-8-10-18(11-9-17)33(37)38/h3-15,21,24-26H,1-2H3,(H,30,34)/t21-,24+,25+,26-/m1/s1. The third kappa shape index (κ3) is 3.77. The predicted molar refractivity (Wildman–Crippen MR) is 146 cm³/mol. The summed E-state index contributed by atoms with van der Waals surface area (Å²) in [4.78, 5) is 55.5. The van der Waals surface area contributed by atoms with Crippen LogP contribution in [0.25, 0.3) is 6.08 Å². The molecule has 0 spiro atoms. The topological polar surface area (TPSA) is 131 Å². The fraction of sp³-hybridized carbons (Fsp3) is 0.207. The van der Waals surface area contributed by atoms with Gasteiger partial charge in [-0.05, 0) is 35.9 Å². The summed E-state index contributed by atoms with van der Waals surface area (Å²) < 4.78 is 10.8. The lowest BCUT2D eigenvalue weighted by atomic mass is 9.88. The quantitative estimate of drug-likeness (QED) is 0.285. The van der Waals surface area contributed by atoms with Crippen LogP contribution in [0, 0.1) is 22.0 Å². The van der Waals surface area contributed by atoms with E-state index in [1.807, 2.05) is 41.3 Å². The summed E-state index contributed by atoms with van der Waals surface area (Å²) in [6.07, 6.45) is 3.76. The van der Waals surface area contributed by atoms with Crippen LogP contribution in [0.3, 0.4) is 0 Å². The molecule has 0 saturated carbocycles. The molecule has 0 aromatic heterocycles. The molecule has 3 aliphatic rings. The molecule has 202 valence electrons. The Bertz CT molecular complexity index is 1590. The van der Waals surface area contributed by atoms with Gasteiger partial charge in [0.15, 0.2) is 0 Å². The number of amides is 3. The molecule has 2 saturated heterocycles. The number of ether oxygens (including phenoxy) is 2. The Balaban J connectivity index is 1.43. The van der Waals surface area contributed by atoms with Crippen molar-refractivity contribution in [1.82, 2.24) is 0 Å². The van der Waals surface area contributed by atoms with Gasteiger partial charge < -0.3 is 19.7 Å². The first-order chi connectivity index (χ1) is 19.3. The van der Waals surface area contributed by atoms with Crippen LogP contribution in [0.2, 0.25) is 0 Å². The van der Waals surface area contributed by atoms with Crippen LogP contribution in [-0.4, -0.2) is 48.9 Å². The maximum absolute atomic E-state index is 14.1. The van der Waals surface area contributed by atoms with Crippen molar-refractivity contribution >= 4 is 46.5 Å². The first kappa shape index (κ1) is 25.1.